The van der Waals surface area contributed by atoms with Crippen LogP contribution in [-0.4, -0.2) is 16.1 Å². The Hall–Kier alpha value is -3.49. The van der Waals surface area contributed by atoms with Crippen LogP contribution in [-0.2, 0) is 12.7 Å². The molecular formula is C19H14F4N4O. The predicted octanol–water partition coefficient (Wildman–Crippen LogP) is 4.50. The highest BCUT2D eigenvalue weighted by molar-refractivity contribution is 6.02. The van der Waals surface area contributed by atoms with E-state index >= 15 is 0 Å². The Morgan fingerprint density at radius 3 is 2.36 bits per heavy atom. The van der Waals surface area contributed by atoms with Gasteiger partial charge in [0.15, 0.2) is 5.69 Å². The van der Waals surface area contributed by atoms with Crippen LogP contribution in [0.2, 0.25) is 0 Å². The van der Waals surface area contributed by atoms with E-state index < -0.39 is 17.6 Å². The third-order valence-corrected chi connectivity index (χ3v) is 3.73. The second-order valence-electron chi connectivity index (χ2n) is 5.82. The molecule has 144 valence electrons. The third-order valence-electron chi connectivity index (χ3n) is 3.73. The van der Waals surface area contributed by atoms with Crippen molar-refractivity contribution in [3.8, 4) is 0 Å². The lowest BCUT2D eigenvalue weighted by molar-refractivity contribution is -0.137. The van der Waals surface area contributed by atoms with Gasteiger partial charge in [-0.25, -0.2) is 4.39 Å². The number of hydrogen-bond donors (Lipinski definition) is 2. The Labute approximate surface area is 157 Å². The second-order valence-corrected chi connectivity index (χ2v) is 5.82. The number of anilines is 2. The fraction of sp³-hybridized carbons (Fsp3) is 0.105. The van der Waals surface area contributed by atoms with Crippen molar-refractivity contribution >= 4 is 17.4 Å². The number of rotatable bonds is 5. The Balaban J connectivity index is 1.61. The second kappa shape index (κ2) is 8.03. The average Bonchev–Trinajstić information content (AvgIpc) is 2.67. The maximum Gasteiger partial charge on any atom is 0.416 e. The van der Waals surface area contributed by atoms with Crippen molar-refractivity contribution in [1.29, 1.82) is 0 Å². The van der Waals surface area contributed by atoms with Gasteiger partial charge in [0.05, 0.1) is 5.56 Å². The number of aromatic nitrogens is 2. The summed E-state index contributed by atoms with van der Waals surface area (Å²) in [6.45, 7) is 0.380. The Morgan fingerprint density at radius 2 is 1.71 bits per heavy atom. The molecule has 0 unspecified atom stereocenters. The van der Waals surface area contributed by atoms with Gasteiger partial charge in [0.2, 0.25) is 0 Å². The maximum atomic E-state index is 12.9. The quantitative estimate of drug-likeness (QED) is 0.630. The van der Waals surface area contributed by atoms with Crippen molar-refractivity contribution in [2.75, 3.05) is 10.6 Å². The first-order chi connectivity index (χ1) is 13.3. The topological polar surface area (TPSA) is 66.9 Å². The number of carbonyl (C=O) groups excluding carboxylic acids is 1. The SMILES string of the molecule is O=C(Nc1cccc(C(F)(F)F)c1)c1ccc(NCc2ccc(F)cc2)nn1. The van der Waals surface area contributed by atoms with Gasteiger partial charge in [0.1, 0.15) is 11.6 Å². The molecule has 0 radical (unpaired) electrons. The van der Waals surface area contributed by atoms with E-state index in [2.05, 4.69) is 20.8 Å². The Kier molecular flexibility index (Phi) is 5.53. The molecule has 0 atom stereocenters. The highest BCUT2D eigenvalue weighted by Gasteiger charge is 2.30. The molecule has 3 aromatic rings. The van der Waals surface area contributed by atoms with E-state index in [1.165, 1.54) is 36.4 Å². The highest BCUT2D eigenvalue weighted by Crippen LogP contribution is 2.30. The average molecular weight is 390 g/mol. The molecule has 0 bridgehead atoms. The molecule has 0 aliphatic carbocycles. The van der Waals surface area contributed by atoms with Crippen molar-refractivity contribution in [2.45, 2.75) is 12.7 Å². The van der Waals surface area contributed by atoms with Gasteiger partial charge in [0, 0.05) is 12.2 Å². The summed E-state index contributed by atoms with van der Waals surface area (Å²) < 4.78 is 51.1. The van der Waals surface area contributed by atoms with Crippen LogP contribution < -0.4 is 10.6 Å². The minimum absolute atomic E-state index is 0.000126. The zero-order valence-electron chi connectivity index (χ0n) is 14.3. The summed E-state index contributed by atoms with van der Waals surface area (Å²) in [4.78, 5) is 12.1. The number of nitrogens with zero attached hydrogens (tertiary/aromatic N) is 2. The lowest BCUT2D eigenvalue weighted by Crippen LogP contribution is -2.15. The number of benzene rings is 2. The van der Waals surface area contributed by atoms with Gasteiger partial charge in [0.25, 0.3) is 5.91 Å². The molecule has 0 saturated heterocycles. The highest BCUT2D eigenvalue weighted by atomic mass is 19.4. The molecule has 1 aromatic heterocycles. The predicted molar refractivity (Wildman–Crippen MR) is 95.2 cm³/mol. The molecule has 2 N–H and O–H groups in total. The molecule has 0 spiro atoms. The molecule has 0 aliphatic rings. The molecule has 3 rings (SSSR count). The van der Waals surface area contributed by atoms with Gasteiger partial charge < -0.3 is 10.6 Å². The summed E-state index contributed by atoms with van der Waals surface area (Å²) in [5.41, 5.74) is -0.0869. The van der Waals surface area contributed by atoms with Crippen LogP contribution in [0, 0.1) is 5.82 Å². The number of amides is 1. The van der Waals surface area contributed by atoms with Crippen molar-refractivity contribution in [2.24, 2.45) is 0 Å². The van der Waals surface area contributed by atoms with Crippen molar-refractivity contribution in [3.05, 3.63) is 83.3 Å². The summed E-state index contributed by atoms with van der Waals surface area (Å²) in [7, 11) is 0. The summed E-state index contributed by atoms with van der Waals surface area (Å²) in [5.74, 6) is -0.628. The number of carbonyl (C=O) groups is 1. The zero-order chi connectivity index (χ0) is 20.1. The van der Waals surface area contributed by atoms with Crippen LogP contribution in [0.4, 0.5) is 29.1 Å². The van der Waals surface area contributed by atoms with Crippen LogP contribution in [0.1, 0.15) is 21.6 Å². The van der Waals surface area contributed by atoms with Crippen molar-refractivity contribution < 1.29 is 22.4 Å². The molecule has 0 saturated carbocycles. The Bertz CT molecular complexity index is 957. The number of hydrogen-bond acceptors (Lipinski definition) is 4. The van der Waals surface area contributed by atoms with E-state index in [1.54, 1.807) is 12.1 Å². The molecule has 9 heteroatoms. The lowest BCUT2D eigenvalue weighted by Gasteiger charge is -2.10. The minimum Gasteiger partial charge on any atom is -0.365 e. The fourth-order valence-electron chi connectivity index (χ4n) is 2.31. The van der Waals surface area contributed by atoms with E-state index in [-0.39, 0.29) is 17.2 Å². The minimum atomic E-state index is -4.50. The maximum absolute atomic E-state index is 12.9. The molecule has 2 aromatic carbocycles. The van der Waals surface area contributed by atoms with Crippen molar-refractivity contribution in [1.82, 2.24) is 10.2 Å². The largest absolute Gasteiger partial charge is 0.416 e. The van der Waals surface area contributed by atoms with E-state index in [0.717, 1.165) is 17.7 Å². The van der Waals surface area contributed by atoms with E-state index in [1.807, 2.05) is 0 Å². The van der Waals surface area contributed by atoms with Crippen LogP contribution in [0.15, 0.2) is 60.7 Å². The molecular weight excluding hydrogens is 376 g/mol. The summed E-state index contributed by atoms with van der Waals surface area (Å²) in [5, 5.41) is 12.9. The molecule has 0 aliphatic heterocycles. The molecule has 1 amide bonds. The fourth-order valence-corrected chi connectivity index (χ4v) is 2.31. The molecule has 5 nitrogen and oxygen atoms in total. The van der Waals surface area contributed by atoms with Crippen LogP contribution in [0.25, 0.3) is 0 Å². The van der Waals surface area contributed by atoms with E-state index in [4.69, 9.17) is 0 Å². The van der Waals surface area contributed by atoms with E-state index in [9.17, 15) is 22.4 Å². The molecule has 0 fully saturated rings. The lowest BCUT2D eigenvalue weighted by atomic mass is 10.2. The number of alkyl halides is 3. The van der Waals surface area contributed by atoms with Crippen LogP contribution in [0.5, 0.6) is 0 Å². The summed E-state index contributed by atoms with van der Waals surface area (Å²) in [6.07, 6.45) is -4.50. The third kappa shape index (κ3) is 5.03. The first-order valence-corrected chi connectivity index (χ1v) is 8.12. The summed E-state index contributed by atoms with van der Waals surface area (Å²) in [6, 6.07) is 13.1. The first kappa shape index (κ1) is 19.3. The van der Waals surface area contributed by atoms with E-state index in [0.29, 0.717) is 12.4 Å². The van der Waals surface area contributed by atoms with Gasteiger partial charge in [-0.1, -0.05) is 18.2 Å². The van der Waals surface area contributed by atoms with Crippen molar-refractivity contribution in [3.63, 3.8) is 0 Å². The zero-order valence-corrected chi connectivity index (χ0v) is 14.3. The van der Waals surface area contributed by atoms with Crippen LogP contribution >= 0.6 is 0 Å². The smallest absolute Gasteiger partial charge is 0.365 e. The summed E-state index contributed by atoms with van der Waals surface area (Å²) >= 11 is 0. The van der Waals surface area contributed by atoms with Crippen LogP contribution in [0.3, 0.4) is 0 Å². The number of halogens is 4. The van der Waals surface area contributed by atoms with Gasteiger partial charge >= 0.3 is 6.18 Å². The normalized spacial score (nSPS) is 11.1. The molecule has 1 heterocycles. The van der Waals surface area contributed by atoms with Gasteiger partial charge in [-0.05, 0) is 48.0 Å². The van der Waals surface area contributed by atoms with Gasteiger partial charge in [-0.3, -0.25) is 4.79 Å². The standard InChI is InChI=1S/C19H14F4N4O/c20-14-6-4-12(5-7-14)11-24-17-9-8-16(26-27-17)18(28)25-15-3-1-2-13(10-15)19(21,22)23/h1-10H,11H2,(H,24,27)(H,25,28). The Morgan fingerprint density at radius 1 is 0.964 bits per heavy atom. The first-order valence-electron chi connectivity index (χ1n) is 8.12. The van der Waals surface area contributed by atoms with Gasteiger partial charge in [-0.15, -0.1) is 10.2 Å². The van der Waals surface area contributed by atoms with Gasteiger partial charge in [-0.2, -0.15) is 13.2 Å². The number of nitrogens with one attached hydrogen (secondary N) is 2. The molecule has 28 heavy (non-hydrogen) atoms. The monoisotopic (exact) mass is 390 g/mol.